The number of methoxy groups -OCH3 is 1. The van der Waals surface area contributed by atoms with Crippen molar-refractivity contribution in [1.82, 2.24) is 10.4 Å². The lowest BCUT2D eigenvalue weighted by Gasteiger charge is -2.31. The average molecular weight is 541 g/mol. The SMILES string of the molecule is COc1cccc(CN(CC(O)C(Cc2ccccc2)NC(=O)OC2COC3OCCC23)OC2CCCC2)c1. The van der Waals surface area contributed by atoms with E-state index in [2.05, 4.69) is 5.32 Å². The van der Waals surface area contributed by atoms with E-state index in [1.807, 2.05) is 59.7 Å². The van der Waals surface area contributed by atoms with Crippen LogP contribution in [0.1, 0.15) is 43.2 Å². The Morgan fingerprint density at radius 3 is 2.67 bits per heavy atom. The van der Waals surface area contributed by atoms with Crippen molar-refractivity contribution < 1.29 is 33.7 Å². The van der Waals surface area contributed by atoms with Gasteiger partial charge in [0.25, 0.3) is 0 Å². The number of carbonyl (C=O) groups excluding carboxylic acids is 1. The van der Waals surface area contributed by atoms with Gasteiger partial charge in [-0.05, 0) is 48.9 Å². The molecule has 1 amide bonds. The van der Waals surface area contributed by atoms with Crippen LogP contribution in [0.4, 0.5) is 4.79 Å². The first-order chi connectivity index (χ1) is 19.1. The van der Waals surface area contributed by atoms with Crippen molar-refractivity contribution in [2.75, 3.05) is 26.9 Å². The Morgan fingerprint density at radius 2 is 1.87 bits per heavy atom. The third-order valence-corrected chi connectivity index (χ3v) is 7.79. The number of hydrogen-bond acceptors (Lipinski definition) is 8. The minimum atomic E-state index is -0.910. The van der Waals surface area contributed by atoms with Crippen LogP contribution in [0.15, 0.2) is 54.6 Å². The molecule has 5 rings (SSSR count). The van der Waals surface area contributed by atoms with Gasteiger partial charge < -0.3 is 29.4 Å². The lowest BCUT2D eigenvalue weighted by atomic mass is 10.0. The number of aliphatic hydroxyl groups is 1. The van der Waals surface area contributed by atoms with Crippen molar-refractivity contribution in [3.8, 4) is 5.75 Å². The van der Waals surface area contributed by atoms with E-state index in [4.69, 9.17) is 23.8 Å². The predicted molar refractivity (Wildman–Crippen MR) is 144 cm³/mol. The standard InChI is InChI=1S/C30H40N2O7/c1-35-24-13-7-10-22(16-24)18-32(39-23-11-5-6-12-23)19-27(33)26(17-21-8-3-2-4-9-21)31-30(34)38-28-20-37-29-25(28)14-15-36-29/h2-4,7-10,13,16,23,25-29,33H,5-6,11-12,14-15,17-20H2,1H3,(H,31,34). The fourth-order valence-electron chi connectivity index (χ4n) is 5.68. The van der Waals surface area contributed by atoms with Crippen molar-refractivity contribution in [2.45, 2.75) is 75.7 Å². The Balaban J connectivity index is 1.27. The first-order valence-electron chi connectivity index (χ1n) is 14.0. The Labute approximate surface area is 230 Å². The van der Waals surface area contributed by atoms with E-state index >= 15 is 0 Å². The van der Waals surface area contributed by atoms with E-state index in [0.29, 0.717) is 26.2 Å². The number of amides is 1. The molecule has 2 aromatic carbocycles. The highest BCUT2D eigenvalue weighted by molar-refractivity contribution is 5.68. The molecular formula is C30H40N2O7. The monoisotopic (exact) mass is 540 g/mol. The Hall–Kier alpha value is -2.69. The number of hydroxylamine groups is 2. The molecule has 0 radical (unpaired) electrons. The molecule has 2 aliphatic heterocycles. The zero-order chi connectivity index (χ0) is 27.0. The molecule has 2 saturated heterocycles. The minimum Gasteiger partial charge on any atom is -0.497 e. The smallest absolute Gasteiger partial charge is 0.407 e. The maximum absolute atomic E-state index is 13.0. The summed E-state index contributed by atoms with van der Waals surface area (Å²) in [7, 11) is 1.65. The Kier molecular flexibility index (Phi) is 9.71. The molecule has 3 aliphatic rings. The lowest BCUT2D eigenvalue weighted by molar-refractivity contribution is -0.214. The van der Waals surface area contributed by atoms with Crippen LogP contribution in [0.2, 0.25) is 0 Å². The summed E-state index contributed by atoms with van der Waals surface area (Å²) in [6, 6.07) is 17.1. The molecule has 212 valence electrons. The zero-order valence-corrected chi connectivity index (χ0v) is 22.6. The minimum absolute atomic E-state index is 0.0476. The number of hydrogen-bond donors (Lipinski definition) is 2. The number of carbonyl (C=O) groups is 1. The van der Waals surface area contributed by atoms with Crippen molar-refractivity contribution in [3.63, 3.8) is 0 Å². The average Bonchev–Trinajstić information content (AvgIpc) is 3.70. The van der Waals surface area contributed by atoms with Crippen molar-refractivity contribution in [1.29, 1.82) is 0 Å². The summed E-state index contributed by atoms with van der Waals surface area (Å²) in [6.07, 6.45) is 3.52. The maximum atomic E-state index is 13.0. The normalized spacial score (nSPS) is 24.4. The number of aliphatic hydroxyl groups excluding tert-OH is 1. The van der Waals surface area contributed by atoms with Gasteiger partial charge in [-0.25, -0.2) is 4.79 Å². The molecule has 9 nitrogen and oxygen atoms in total. The number of alkyl carbamates (subject to hydrolysis) is 1. The number of nitrogens with zero attached hydrogens (tertiary/aromatic N) is 1. The Bertz CT molecular complexity index is 1050. The van der Waals surface area contributed by atoms with Gasteiger partial charge in [0.15, 0.2) is 6.29 Å². The number of benzene rings is 2. The molecular weight excluding hydrogens is 500 g/mol. The first kappa shape index (κ1) is 27.9. The van der Waals surface area contributed by atoms with E-state index in [0.717, 1.165) is 49.0 Å². The van der Waals surface area contributed by atoms with Crippen molar-refractivity contribution >= 4 is 6.09 Å². The number of nitrogens with one attached hydrogen (secondary N) is 1. The van der Waals surface area contributed by atoms with Crippen LogP contribution < -0.4 is 10.1 Å². The quantitative estimate of drug-likeness (QED) is 0.392. The number of fused-ring (bicyclic) bond motifs is 1. The Morgan fingerprint density at radius 1 is 1.08 bits per heavy atom. The molecule has 0 bridgehead atoms. The molecule has 2 N–H and O–H groups in total. The van der Waals surface area contributed by atoms with Crippen LogP contribution in [0.3, 0.4) is 0 Å². The second-order valence-electron chi connectivity index (χ2n) is 10.7. The van der Waals surface area contributed by atoms with E-state index in [-0.39, 0.29) is 31.0 Å². The highest BCUT2D eigenvalue weighted by atomic mass is 16.7. The second kappa shape index (κ2) is 13.6. The van der Waals surface area contributed by atoms with E-state index in [1.54, 1.807) is 7.11 Å². The number of rotatable bonds is 12. The van der Waals surface area contributed by atoms with E-state index < -0.39 is 18.2 Å². The van der Waals surface area contributed by atoms with Crippen LogP contribution >= 0.6 is 0 Å². The molecule has 3 fully saturated rings. The van der Waals surface area contributed by atoms with E-state index in [1.165, 1.54) is 0 Å². The van der Waals surface area contributed by atoms with Crippen LogP contribution in [0, 0.1) is 5.92 Å². The molecule has 5 unspecified atom stereocenters. The topological polar surface area (TPSA) is 98.7 Å². The second-order valence-corrected chi connectivity index (χ2v) is 10.7. The molecule has 0 spiro atoms. The summed E-state index contributed by atoms with van der Waals surface area (Å²) in [6.45, 7) is 1.63. The van der Waals surface area contributed by atoms with Crippen LogP contribution in [-0.4, -0.2) is 73.8 Å². The summed E-state index contributed by atoms with van der Waals surface area (Å²) < 4.78 is 22.3. The van der Waals surface area contributed by atoms with Gasteiger partial charge in [-0.1, -0.05) is 55.3 Å². The van der Waals surface area contributed by atoms with Crippen LogP contribution in [0.25, 0.3) is 0 Å². The van der Waals surface area contributed by atoms with Gasteiger partial charge in [-0.3, -0.25) is 4.84 Å². The fraction of sp³-hybridized carbons (Fsp3) is 0.567. The highest BCUT2D eigenvalue weighted by Crippen LogP contribution is 2.33. The van der Waals surface area contributed by atoms with Gasteiger partial charge in [0.05, 0.1) is 51.0 Å². The molecule has 0 aromatic heterocycles. The van der Waals surface area contributed by atoms with Crippen LogP contribution in [0.5, 0.6) is 5.75 Å². The van der Waals surface area contributed by atoms with Gasteiger partial charge in [-0.2, -0.15) is 5.06 Å². The first-order valence-corrected chi connectivity index (χ1v) is 14.0. The van der Waals surface area contributed by atoms with Crippen molar-refractivity contribution in [2.24, 2.45) is 5.92 Å². The molecule has 2 aromatic rings. The lowest BCUT2D eigenvalue weighted by Crippen LogP contribution is -2.50. The van der Waals surface area contributed by atoms with Gasteiger partial charge in [0, 0.05) is 6.54 Å². The van der Waals surface area contributed by atoms with Gasteiger partial charge in [0.1, 0.15) is 11.9 Å². The molecule has 2 heterocycles. The van der Waals surface area contributed by atoms with Gasteiger partial charge in [-0.15, -0.1) is 0 Å². The maximum Gasteiger partial charge on any atom is 0.407 e. The molecule has 1 saturated carbocycles. The summed E-state index contributed by atoms with van der Waals surface area (Å²) in [5, 5.41) is 16.3. The molecule has 39 heavy (non-hydrogen) atoms. The molecule has 1 aliphatic carbocycles. The van der Waals surface area contributed by atoms with Crippen LogP contribution in [-0.2, 0) is 32.0 Å². The largest absolute Gasteiger partial charge is 0.497 e. The fourth-order valence-corrected chi connectivity index (χ4v) is 5.68. The summed E-state index contributed by atoms with van der Waals surface area (Å²) in [4.78, 5) is 19.4. The summed E-state index contributed by atoms with van der Waals surface area (Å²) in [5.74, 6) is 0.817. The highest BCUT2D eigenvalue weighted by Gasteiger charge is 2.44. The summed E-state index contributed by atoms with van der Waals surface area (Å²) in [5.41, 5.74) is 2.02. The zero-order valence-electron chi connectivity index (χ0n) is 22.6. The molecule has 5 atom stereocenters. The number of ether oxygens (including phenoxy) is 4. The molecule has 9 heteroatoms. The van der Waals surface area contributed by atoms with Gasteiger partial charge in [0.2, 0.25) is 0 Å². The third kappa shape index (κ3) is 7.70. The summed E-state index contributed by atoms with van der Waals surface area (Å²) >= 11 is 0. The van der Waals surface area contributed by atoms with E-state index in [9.17, 15) is 9.90 Å². The van der Waals surface area contributed by atoms with Crippen molar-refractivity contribution in [3.05, 3.63) is 65.7 Å². The predicted octanol–water partition coefficient (Wildman–Crippen LogP) is 3.83. The van der Waals surface area contributed by atoms with Gasteiger partial charge >= 0.3 is 6.09 Å². The third-order valence-electron chi connectivity index (χ3n) is 7.79.